The van der Waals surface area contributed by atoms with E-state index in [1.165, 1.54) is 11.1 Å². The highest BCUT2D eigenvalue weighted by molar-refractivity contribution is 5.76. The van der Waals surface area contributed by atoms with Crippen LogP contribution in [0.2, 0.25) is 0 Å². The zero-order valence-electron chi connectivity index (χ0n) is 12.7. The van der Waals surface area contributed by atoms with Crippen molar-refractivity contribution < 1.29 is 9.90 Å². The van der Waals surface area contributed by atoms with Gasteiger partial charge < -0.3 is 10.0 Å². The largest absolute Gasteiger partial charge is 0.390 e. The normalized spacial score (nSPS) is 14.0. The molecule has 2 heterocycles. The van der Waals surface area contributed by atoms with Crippen LogP contribution in [0, 0.1) is 0 Å². The van der Waals surface area contributed by atoms with Crippen LogP contribution in [0.5, 0.6) is 0 Å². The van der Waals surface area contributed by atoms with Crippen LogP contribution in [0.15, 0.2) is 24.3 Å². The smallest absolute Gasteiger partial charge is 0.244 e. The van der Waals surface area contributed by atoms with Crippen molar-refractivity contribution in [2.75, 3.05) is 6.54 Å². The molecular weight excluding hydrogens is 280 g/mol. The number of benzene rings is 1. The molecule has 1 N–H and O–H groups in total. The minimum Gasteiger partial charge on any atom is -0.390 e. The maximum atomic E-state index is 12.5. The summed E-state index contributed by atoms with van der Waals surface area (Å²) in [6, 6.07) is 8.24. The van der Waals surface area contributed by atoms with Gasteiger partial charge in [0, 0.05) is 13.1 Å². The molecule has 0 fully saturated rings. The van der Waals surface area contributed by atoms with Gasteiger partial charge in [0.25, 0.3) is 0 Å². The lowest BCUT2D eigenvalue weighted by Crippen LogP contribution is -2.38. The quantitative estimate of drug-likeness (QED) is 0.911. The van der Waals surface area contributed by atoms with Gasteiger partial charge in [0.15, 0.2) is 0 Å². The van der Waals surface area contributed by atoms with E-state index in [2.05, 4.69) is 22.4 Å². The molecule has 0 aliphatic carbocycles. The van der Waals surface area contributed by atoms with E-state index >= 15 is 0 Å². The second-order valence-corrected chi connectivity index (χ2v) is 5.49. The maximum absolute atomic E-state index is 12.5. The molecule has 0 saturated carbocycles. The number of amides is 1. The third kappa shape index (κ3) is 2.74. The molecular formula is C16H20N4O2. The van der Waals surface area contributed by atoms with Crippen LogP contribution in [0.4, 0.5) is 0 Å². The first-order valence-electron chi connectivity index (χ1n) is 7.59. The molecule has 0 bridgehead atoms. The SMILES string of the molecule is CCc1c(CO)nnn1CC(=O)N1CCc2ccccc2C1. The van der Waals surface area contributed by atoms with Crippen LogP contribution in [-0.2, 0) is 37.3 Å². The maximum Gasteiger partial charge on any atom is 0.244 e. The van der Waals surface area contributed by atoms with Crippen LogP contribution in [0.1, 0.15) is 29.4 Å². The van der Waals surface area contributed by atoms with Crippen molar-refractivity contribution in [2.45, 2.75) is 39.5 Å². The third-order valence-electron chi connectivity index (χ3n) is 4.17. The van der Waals surface area contributed by atoms with Gasteiger partial charge in [0.1, 0.15) is 12.2 Å². The molecule has 1 aromatic heterocycles. The fraction of sp³-hybridized carbons (Fsp3) is 0.438. The minimum atomic E-state index is -0.144. The Morgan fingerprint density at radius 3 is 2.82 bits per heavy atom. The number of nitrogens with zero attached hydrogens (tertiary/aromatic N) is 4. The number of hydrogen-bond donors (Lipinski definition) is 1. The van der Waals surface area contributed by atoms with Crippen molar-refractivity contribution >= 4 is 5.91 Å². The molecule has 6 nitrogen and oxygen atoms in total. The highest BCUT2D eigenvalue weighted by atomic mass is 16.3. The molecule has 0 atom stereocenters. The first kappa shape index (κ1) is 14.7. The molecule has 6 heteroatoms. The van der Waals surface area contributed by atoms with Crippen molar-refractivity contribution in [2.24, 2.45) is 0 Å². The molecule has 0 radical (unpaired) electrons. The average molecular weight is 300 g/mol. The van der Waals surface area contributed by atoms with Crippen LogP contribution < -0.4 is 0 Å². The Morgan fingerprint density at radius 1 is 1.32 bits per heavy atom. The van der Waals surface area contributed by atoms with E-state index in [-0.39, 0.29) is 19.1 Å². The van der Waals surface area contributed by atoms with Crippen molar-refractivity contribution in [3.8, 4) is 0 Å². The van der Waals surface area contributed by atoms with Crippen molar-refractivity contribution in [3.63, 3.8) is 0 Å². The van der Waals surface area contributed by atoms with Crippen molar-refractivity contribution in [3.05, 3.63) is 46.8 Å². The molecule has 0 unspecified atom stereocenters. The number of carbonyl (C=O) groups excluding carboxylic acids is 1. The second kappa shape index (κ2) is 6.27. The topological polar surface area (TPSA) is 71.2 Å². The van der Waals surface area contributed by atoms with E-state index in [0.29, 0.717) is 18.7 Å². The zero-order chi connectivity index (χ0) is 15.5. The first-order chi connectivity index (χ1) is 10.7. The summed E-state index contributed by atoms with van der Waals surface area (Å²) in [5, 5.41) is 17.2. The van der Waals surface area contributed by atoms with Gasteiger partial charge in [0.2, 0.25) is 5.91 Å². The van der Waals surface area contributed by atoms with Crippen LogP contribution in [-0.4, -0.2) is 37.5 Å². The monoisotopic (exact) mass is 300 g/mol. The van der Waals surface area contributed by atoms with E-state index < -0.39 is 0 Å². The Morgan fingerprint density at radius 2 is 2.09 bits per heavy atom. The van der Waals surface area contributed by atoms with Gasteiger partial charge in [-0.3, -0.25) is 4.79 Å². The number of rotatable bonds is 4. The minimum absolute atomic E-state index is 0.0404. The van der Waals surface area contributed by atoms with Gasteiger partial charge in [-0.2, -0.15) is 0 Å². The molecule has 1 aliphatic rings. The van der Waals surface area contributed by atoms with E-state index in [4.69, 9.17) is 0 Å². The summed E-state index contributed by atoms with van der Waals surface area (Å²) in [7, 11) is 0. The van der Waals surface area contributed by atoms with E-state index in [9.17, 15) is 9.90 Å². The van der Waals surface area contributed by atoms with Crippen molar-refractivity contribution in [1.82, 2.24) is 19.9 Å². The summed E-state index contributed by atoms with van der Waals surface area (Å²) in [6.45, 7) is 3.39. The zero-order valence-corrected chi connectivity index (χ0v) is 12.7. The van der Waals surface area contributed by atoms with Crippen LogP contribution in [0.25, 0.3) is 0 Å². The number of fused-ring (bicyclic) bond motifs is 1. The summed E-state index contributed by atoms with van der Waals surface area (Å²) in [4.78, 5) is 14.4. The summed E-state index contributed by atoms with van der Waals surface area (Å²) in [5.41, 5.74) is 3.92. The lowest BCUT2D eigenvalue weighted by Gasteiger charge is -2.29. The molecule has 1 amide bonds. The first-order valence-corrected chi connectivity index (χ1v) is 7.59. The Kier molecular flexibility index (Phi) is 4.20. The predicted octanol–water partition coefficient (Wildman–Crippen LogP) is 0.918. The average Bonchev–Trinajstić information content (AvgIpc) is 2.96. The summed E-state index contributed by atoms with van der Waals surface area (Å²) >= 11 is 0. The summed E-state index contributed by atoms with van der Waals surface area (Å²) in [6.07, 6.45) is 1.58. The molecule has 1 aliphatic heterocycles. The van der Waals surface area contributed by atoms with Crippen molar-refractivity contribution in [1.29, 1.82) is 0 Å². The molecule has 3 rings (SSSR count). The lowest BCUT2D eigenvalue weighted by atomic mass is 10.00. The Hall–Kier alpha value is -2.21. The van der Waals surface area contributed by atoms with Gasteiger partial charge >= 0.3 is 0 Å². The van der Waals surface area contributed by atoms with E-state index in [1.54, 1.807) is 4.68 Å². The lowest BCUT2D eigenvalue weighted by molar-refractivity contribution is -0.133. The van der Waals surface area contributed by atoms with Crippen LogP contribution >= 0.6 is 0 Å². The molecule has 1 aromatic carbocycles. The fourth-order valence-electron chi connectivity index (χ4n) is 2.94. The van der Waals surface area contributed by atoms with E-state index in [0.717, 1.165) is 18.7 Å². The summed E-state index contributed by atoms with van der Waals surface area (Å²) in [5.74, 6) is 0.0404. The van der Waals surface area contributed by atoms with Gasteiger partial charge in [-0.05, 0) is 24.0 Å². The Bertz CT molecular complexity index is 681. The third-order valence-corrected chi connectivity index (χ3v) is 4.17. The number of carbonyl (C=O) groups is 1. The van der Waals surface area contributed by atoms with Gasteiger partial charge in [0.05, 0.1) is 12.3 Å². The number of aromatic nitrogens is 3. The van der Waals surface area contributed by atoms with Gasteiger partial charge in [-0.15, -0.1) is 5.10 Å². The predicted molar refractivity (Wildman–Crippen MR) is 80.9 cm³/mol. The standard InChI is InChI=1S/C16H20N4O2/c1-2-15-14(11-21)17-18-20(15)10-16(22)19-8-7-12-5-3-4-6-13(12)9-19/h3-6,21H,2,7-11H2,1H3. The second-order valence-electron chi connectivity index (χ2n) is 5.49. The molecule has 22 heavy (non-hydrogen) atoms. The number of hydrogen-bond acceptors (Lipinski definition) is 4. The highest BCUT2D eigenvalue weighted by Crippen LogP contribution is 2.19. The van der Waals surface area contributed by atoms with E-state index in [1.807, 2.05) is 24.0 Å². The molecule has 116 valence electrons. The summed E-state index contributed by atoms with van der Waals surface area (Å²) < 4.78 is 1.61. The molecule has 0 saturated heterocycles. The molecule has 2 aromatic rings. The van der Waals surface area contributed by atoms with Crippen LogP contribution in [0.3, 0.4) is 0 Å². The van der Waals surface area contributed by atoms with Gasteiger partial charge in [-0.1, -0.05) is 36.4 Å². The molecule has 0 spiro atoms. The Balaban J connectivity index is 1.72. The van der Waals surface area contributed by atoms with Gasteiger partial charge in [-0.25, -0.2) is 4.68 Å². The number of aliphatic hydroxyl groups is 1. The number of aliphatic hydroxyl groups excluding tert-OH is 1. The Labute approximate surface area is 129 Å². The highest BCUT2D eigenvalue weighted by Gasteiger charge is 2.22. The fourth-order valence-corrected chi connectivity index (χ4v) is 2.94.